The SMILES string of the molecule is C/C(=N/NC(=O)CSc1nnc(-c2ccncc2)n1-c1ccc(Cl)cc1)c1cccnc1. The number of pyridine rings is 2. The molecule has 0 fully saturated rings. The van der Waals surface area contributed by atoms with E-state index >= 15 is 0 Å². The molecular weight excluding hydrogens is 446 g/mol. The molecule has 0 bridgehead atoms. The van der Waals surface area contributed by atoms with Gasteiger partial charge in [0, 0.05) is 46.6 Å². The van der Waals surface area contributed by atoms with Crippen molar-refractivity contribution in [3.8, 4) is 17.1 Å². The molecule has 0 radical (unpaired) electrons. The van der Waals surface area contributed by atoms with Crippen molar-refractivity contribution < 1.29 is 4.79 Å². The van der Waals surface area contributed by atoms with Gasteiger partial charge in [0.05, 0.1) is 11.5 Å². The van der Waals surface area contributed by atoms with Gasteiger partial charge in [-0.3, -0.25) is 19.3 Å². The molecule has 10 heteroatoms. The molecule has 1 aromatic carbocycles. The summed E-state index contributed by atoms with van der Waals surface area (Å²) in [6, 6.07) is 14.7. The average Bonchev–Trinajstić information content (AvgIpc) is 3.27. The minimum atomic E-state index is -0.255. The predicted octanol–water partition coefficient (Wildman–Crippen LogP) is 4.01. The zero-order valence-electron chi connectivity index (χ0n) is 17.0. The maximum absolute atomic E-state index is 12.4. The van der Waals surface area contributed by atoms with Gasteiger partial charge in [0.2, 0.25) is 0 Å². The number of rotatable bonds is 7. The van der Waals surface area contributed by atoms with Crippen LogP contribution in [0.5, 0.6) is 0 Å². The first-order valence-electron chi connectivity index (χ1n) is 9.60. The maximum atomic E-state index is 12.4. The average molecular weight is 464 g/mol. The molecule has 0 unspecified atom stereocenters. The number of benzene rings is 1. The number of thioether (sulfide) groups is 1. The van der Waals surface area contributed by atoms with Gasteiger partial charge < -0.3 is 0 Å². The first-order valence-corrected chi connectivity index (χ1v) is 11.0. The van der Waals surface area contributed by atoms with Crippen molar-refractivity contribution in [3.63, 3.8) is 0 Å². The van der Waals surface area contributed by atoms with Crippen molar-refractivity contribution in [1.82, 2.24) is 30.2 Å². The number of aromatic nitrogens is 5. The number of hydrazone groups is 1. The smallest absolute Gasteiger partial charge is 0.250 e. The summed E-state index contributed by atoms with van der Waals surface area (Å²) in [5.74, 6) is 0.503. The highest BCUT2D eigenvalue weighted by atomic mass is 35.5. The van der Waals surface area contributed by atoms with Crippen molar-refractivity contribution >= 4 is 35.0 Å². The lowest BCUT2D eigenvalue weighted by atomic mass is 10.2. The first-order chi connectivity index (χ1) is 15.6. The number of hydrogen-bond donors (Lipinski definition) is 1. The zero-order valence-corrected chi connectivity index (χ0v) is 18.6. The molecule has 1 N–H and O–H groups in total. The molecule has 4 rings (SSSR count). The van der Waals surface area contributed by atoms with Crippen LogP contribution in [0.25, 0.3) is 17.1 Å². The molecule has 3 heterocycles. The van der Waals surface area contributed by atoms with E-state index < -0.39 is 0 Å². The fourth-order valence-corrected chi connectivity index (χ4v) is 3.69. The van der Waals surface area contributed by atoms with E-state index in [1.807, 2.05) is 47.9 Å². The molecule has 0 aliphatic heterocycles. The third kappa shape index (κ3) is 5.19. The van der Waals surface area contributed by atoms with E-state index in [4.69, 9.17) is 11.6 Å². The Bertz CT molecular complexity index is 1230. The normalized spacial score (nSPS) is 11.4. The summed E-state index contributed by atoms with van der Waals surface area (Å²) in [5, 5.41) is 14.0. The van der Waals surface area contributed by atoms with Gasteiger partial charge in [0.1, 0.15) is 0 Å². The van der Waals surface area contributed by atoms with Crippen LogP contribution in [-0.4, -0.2) is 42.1 Å². The number of nitrogens with zero attached hydrogens (tertiary/aromatic N) is 6. The number of nitrogens with one attached hydrogen (secondary N) is 1. The Kier molecular flexibility index (Phi) is 6.88. The monoisotopic (exact) mass is 463 g/mol. The topological polar surface area (TPSA) is 98.0 Å². The Morgan fingerprint density at radius 1 is 1.06 bits per heavy atom. The second-order valence-corrected chi connectivity index (χ2v) is 8.00. The highest BCUT2D eigenvalue weighted by Gasteiger charge is 2.17. The Labute approximate surface area is 193 Å². The van der Waals surface area contributed by atoms with Gasteiger partial charge in [-0.25, -0.2) is 5.43 Å². The highest BCUT2D eigenvalue weighted by Crippen LogP contribution is 2.28. The third-order valence-corrected chi connectivity index (χ3v) is 5.60. The van der Waals surface area contributed by atoms with Crippen LogP contribution in [0.2, 0.25) is 5.02 Å². The van der Waals surface area contributed by atoms with E-state index in [0.717, 1.165) is 16.8 Å². The van der Waals surface area contributed by atoms with Crippen molar-refractivity contribution in [2.75, 3.05) is 5.75 Å². The van der Waals surface area contributed by atoms with Crippen molar-refractivity contribution in [3.05, 3.63) is 83.9 Å². The summed E-state index contributed by atoms with van der Waals surface area (Å²) in [6.07, 6.45) is 6.76. The highest BCUT2D eigenvalue weighted by molar-refractivity contribution is 7.99. The Hall–Kier alpha value is -3.56. The molecule has 0 aliphatic carbocycles. The Morgan fingerprint density at radius 2 is 1.84 bits per heavy atom. The molecular formula is C22H18ClN7OS. The van der Waals surface area contributed by atoms with Crippen LogP contribution in [0.1, 0.15) is 12.5 Å². The largest absolute Gasteiger partial charge is 0.272 e. The fraction of sp³-hybridized carbons (Fsp3) is 0.0909. The maximum Gasteiger partial charge on any atom is 0.250 e. The number of carbonyl (C=O) groups is 1. The molecule has 32 heavy (non-hydrogen) atoms. The van der Waals surface area contributed by atoms with Crippen LogP contribution in [-0.2, 0) is 4.79 Å². The molecule has 160 valence electrons. The lowest BCUT2D eigenvalue weighted by molar-refractivity contribution is -0.118. The lowest BCUT2D eigenvalue weighted by Crippen LogP contribution is -2.21. The van der Waals surface area contributed by atoms with Crippen LogP contribution in [0.15, 0.2) is 83.6 Å². The minimum absolute atomic E-state index is 0.117. The molecule has 0 atom stereocenters. The van der Waals surface area contributed by atoms with Gasteiger partial charge in [-0.05, 0) is 49.4 Å². The molecule has 0 saturated carbocycles. The summed E-state index contributed by atoms with van der Waals surface area (Å²) in [7, 11) is 0. The quantitative estimate of drug-likeness (QED) is 0.252. The molecule has 0 spiro atoms. The summed E-state index contributed by atoms with van der Waals surface area (Å²) in [4.78, 5) is 20.5. The van der Waals surface area contributed by atoms with E-state index in [0.29, 0.717) is 21.7 Å². The van der Waals surface area contributed by atoms with Crippen LogP contribution >= 0.6 is 23.4 Å². The molecule has 3 aromatic heterocycles. The van der Waals surface area contributed by atoms with Gasteiger partial charge >= 0.3 is 0 Å². The second-order valence-electron chi connectivity index (χ2n) is 6.62. The van der Waals surface area contributed by atoms with E-state index in [1.54, 1.807) is 36.9 Å². The molecule has 4 aromatic rings. The number of carbonyl (C=O) groups excluding carboxylic acids is 1. The van der Waals surface area contributed by atoms with Gasteiger partial charge in [-0.15, -0.1) is 10.2 Å². The lowest BCUT2D eigenvalue weighted by Gasteiger charge is -2.10. The molecule has 1 amide bonds. The van der Waals surface area contributed by atoms with E-state index in [1.165, 1.54) is 11.8 Å². The second kappa shape index (κ2) is 10.2. The number of amides is 1. The van der Waals surface area contributed by atoms with Crippen LogP contribution in [0.4, 0.5) is 0 Å². The third-order valence-electron chi connectivity index (χ3n) is 4.42. The Balaban J connectivity index is 1.53. The summed E-state index contributed by atoms with van der Waals surface area (Å²) in [5.41, 5.74) is 5.77. The van der Waals surface area contributed by atoms with Gasteiger partial charge in [-0.2, -0.15) is 5.10 Å². The van der Waals surface area contributed by atoms with E-state index in [9.17, 15) is 4.79 Å². The molecule has 0 aliphatic rings. The van der Waals surface area contributed by atoms with Gasteiger partial charge in [0.15, 0.2) is 11.0 Å². The van der Waals surface area contributed by atoms with Crippen LogP contribution in [0.3, 0.4) is 0 Å². The standard InChI is InChI=1S/C22H18ClN7OS/c1-15(17-3-2-10-25-13-17)26-27-20(31)14-32-22-29-28-21(16-8-11-24-12-9-16)30(22)19-6-4-18(23)5-7-19/h2-13H,14H2,1H3,(H,27,31)/b26-15-. The molecule has 8 nitrogen and oxygen atoms in total. The van der Waals surface area contributed by atoms with E-state index in [2.05, 4.69) is 30.7 Å². The summed E-state index contributed by atoms with van der Waals surface area (Å²) >= 11 is 7.32. The Morgan fingerprint density at radius 3 is 2.56 bits per heavy atom. The van der Waals surface area contributed by atoms with Gasteiger partial charge in [-0.1, -0.05) is 29.4 Å². The predicted molar refractivity (Wildman–Crippen MR) is 125 cm³/mol. The van der Waals surface area contributed by atoms with Crippen LogP contribution < -0.4 is 5.43 Å². The fourth-order valence-electron chi connectivity index (χ4n) is 2.82. The van der Waals surface area contributed by atoms with Crippen molar-refractivity contribution in [2.45, 2.75) is 12.1 Å². The number of halogens is 1. The molecule has 0 saturated heterocycles. The minimum Gasteiger partial charge on any atom is -0.272 e. The zero-order chi connectivity index (χ0) is 22.3. The first kappa shape index (κ1) is 21.7. The van der Waals surface area contributed by atoms with Crippen molar-refractivity contribution in [2.24, 2.45) is 5.10 Å². The summed E-state index contributed by atoms with van der Waals surface area (Å²) in [6.45, 7) is 1.81. The van der Waals surface area contributed by atoms with Crippen molar-refractivity contribution in [1.29, 1.82) is 0 Å². The summed E-state index contributed by atoms with van der Waals surface area (Å²) < 4.78 is 1.88. The van der Waals surface area contributed by atoms with Gasteiger partial charge in [0.25, 0.3) is 5.91 Å². The number of hydrogen-bond acceptors (Lipinski definition) is 7. The van der Waals surface area contributed by atoms with Crippen LogP contribution in [0, 0.1) is 0 Å². The van der Waals surface area contributed by atoms with E-state index in [-0.39, 0.29) is 11.7 Å².